The van der Waals surface area contributed by atoms with E-state index >= 15 is 0 Å². The first kappa shape index (κ1) is 15.8. The zero-order valence-electron chi connectivity index (χ0n) is 11.2. The van der Waals surface area contributed by atoms with Crippen LogP contribution in [0, 0.1) is 0 Å². The van der Waals surface area contributed by atoms with Crippen LogP contribution < -0.4 is 10.6 Å². The number of piperidine rings is 1. The standard InChI is InChI=1S/C13H16F2N2O3S/c14-13(15)21(19,20)11-3-1-9(2-4-11)12(18)17-10-5-7-16-8-6-10/h1-4,10,13,16H,5-8H2,(H,17,18). The van der Waals surface area contributed by atoms with Gasteiger partial charge in [0.2, 0.25) is 9.84 Å². The average molecular weight is 318 g/mol. The Kier molecular flexibility index (Phi) is 4.89. The highest BCUT2D eigenvalue weighted by atomic mass is 32.2. The Hall–Kier alpha value is -1.54. The van der Waals surface area contributed by atoms with Crippen molar-refractivity contribution < 1.29 is 22.0 Å². The minimum Gasteiger partial charge on any atom is -0.349 e. The third kappa shape index (κ3) is 3.76. The number of benzene rings is 1. The van der Waals surface area contributed by atoms with Gasteiger partial charge in [0.1, 0.15) is 0 Å². The van der Waals surface area contributed by atoms with Crippen LogP contribution in [0.5, 0.6) is 0 Å². The van der Waals surface area contributed by atoms with E-state index < -0.39 is 20.5 Å². The lowest BCUT2D eigenvalue weighted by Gasteiger charge is -2.23. The number of hydrogen-bond donors (Lipinski definition) is 2. The lowest BCUT2D eigenvalue weighted by molar-refractivity contribution is 0.0929. The molecule has 5 nitrogen and oxygen atoms in total. The Balaban J connectivity index is 2.06. The van der Waals surface area contributed by atoms with E-state index in [0.29, 0.717) is 0 Å². The summed E-state index contributed by atoms with van der Waals surface area (Å²) in [5, 5.41) is 6.01. The number of sulfone groups is 1. The van der Waals surface area contributed by atoms with Crippen molar-refractivity contribution in [3.8, 4) is 0 Å². The maximum absolute atomic E-state index is 12.4. The zero-order valence-corrected chi connectivity index (χ0v) is 12.0. The van der Waals surface area contributed by atoms with Crippen LogP contribution in [0.15, 0.2) is 29.2 Å². The summed E-state index contributed by atoms with van der Waals surface area (Å²) >= 11 is 0. The summed E-state index contributed by atoms with van der Waals surface area (Å²) in [6.45, 7) is 1.66. The fourth-order valence-electron chi connectivity index (χ4n) is 2.13. The molecule has 1 amide bonds. The molecule has 2 N–H and O–H groups in total. The third-order valence-corrected chi connectivity index (χ3v) is 4.75. The molecule has 116 valence electrons. The summed E-state index contributed by atoms with van der Waals surface area (Å²) in [6.07, 6.45) is 1.65. The van der Waals surface area contributed by atoms with E-state index in [1.807, 2.05) is 0 Å². The van der Waals surface area contributed by atoms with Crippen molar-refractivity contribution in [2.24, 2.45) is 0 Å². The largest absolute Gasteiger partial charge is 0.349 e. The van der Waals surface area contributed by atoms with Crippen LogP contribution in [0.1, 0.15) is 23.2 Å². The second kappa shape index (κ2) is 6.48. The van der Waals surface area contributed by atoms with Crippen molar-refractivity contribution in [2.75, 3.05) is 13.1 Å². The number of rotatable bonds is 4. The Morgan fingerprint density at radius 3 is 2.29 bits per heavy atom. The number of amides is 1. The first-order chi connectivity index (χ1) is 9.91. The second-order valence-electron chi connectivity index (χ2n) is 4.83. The van der Waals surface area contributed by atoms with Gasteiger partial charge in [-0.2, -0.15) is 8.78 Å². The zero-order chi connectivity index (χ0) is 15.5. The van der Waals surface area contributed by atoms with E-state index in [1.54, 1.807) is 0 Å². The molecule has 0 unspecified atom stereocenters. The fourth-order valence-corrected chi connectivity index (χ4v) is 2.86. The van der Waals surface area contributed by atoms with Gasteiger partial charge in [0, 0.05) is 11.6 Å². The summed E-state index contributed by atoms with van der Waals surface area (Å²) in [5.41, 5.74) is 0.252. The first-order valence-electron chi connectivity index (χ1n) is 6.55. The van der Waals surface area contributed by atoms with E-state index in [0.717, 1.165) is 38.1 Å². The third-order valence-electron chi connectivity index (χ3n) is 3.35. The van der Waals surface area contributed by atoms with Gasteiger partial charge in [-0.15, -0.1) is 0 Å². The van der Waals surface area contributed by atoms with Crippen molar-refractivity contribution in [3.63, 3.8) is 0 Å². The monoisotopic (exact) mass is 318 g/mol. The van der Waals surface area contributed by atoms with Crippen LogP contribution >= 0.6 is 0 Å². The molecule has 1 aromatic rings. The van der Waals surface area contributed by atoms with Crippen molar-refractivity contribution >= 4 is 15.7 Å². The quantitative estimate of drug-likeness (QED) is 0.874. The maximum Gasteiger partial charge on any atom is 0.341 e. The van der Waals surface area contributed by atoms with Gasteiger partial charge in [-0.05, 0) is 50.2 Å². The van der Waals surface area contributed by atoms with E-state index in [1.165, 1.54) is 12.1 Å². The smallest absolute Gasteiger partial charge is 0.341 e. The highest BCUT2D eigenvalue weighted by Gasteiger charge is 2.26. The van der Waals surface area contributed by atoms with Crippen LogP contribution in [-0.4, -0.2) is 39.2 Å². The average Bonchev–Trinajstić information content (AvgIpc) is 2.48. The minimum absolute atomic E-state index is 0.0724. The maximum atomic E-state index is 12.4. The lowest BCUT2D eigenvalue weighted by atomic mass is 10.1. The molecular formula is C13H16F2N2O3S. The summed E-state index contributed by atoms with van der Waals surface area (Å²) in [4.78, 5) is 11.5. The second-order valence-corrected chi connectivity index (χ2v) is 6.75. The number of carbonyl (C=O) groups is 1. The molecule has 0 aromatic heterocycles. The number of alkyl halides is 2. The van der Waals surface area contributed by atoms with E-state index in [2.05, 4.69) is 10.6 Å². The van der Waals surface area contributed by atoms with Gasteiger partial charge in [0.25, 0.3) is 5.91 Å². The normalized spacial score (nSPS) is 16.9. The molecule has 0 atom stereocenters. The minimum atomic E-state index is -4.62. The molecule has 0 spiro atoms. The van der Waals surface area contributed by atoms with Crippen LogP contribution in [0.2, 0.25) is 0 Å². The van der Waals surface area contributed by atoms with E-state index in [-0.39, 0.29) is 17.5 Å². The molecule has 1 aliphatic rings. The fraction of sp³-hybridized carbons (Fsp3) is 0.462. The van der Waals surface area contributed by atoms with Crippen molar-refractivity contribution in [1.82, 2.24) is 10.6 Å². The molecule has 21 heavy (non-hydrogen) atoms. The number of nitrogens with one attached hydrogen (secondary N) is 2. The van der Waals surface area contributed by atoms with Gasteiger partial charge < -0.3 is 10.6 Å². The van der Waals surface area contributed by atoms with Crippen LogP contribution in [0.3, 0.4) is 0 Å². The topological polar surface area (TPSA) is 75.3 Å². The molecule has 1 fully saturated rings. The van der Waals surface area contributed by atoms with Crippen LogP contribution in [0.25, 0.3) is 0 Å². The SMILES string of the molecule is O=C(NC1CCNCC1)c1ccc(S(=O)(=O)C(F)F)cc1. The Labute approximate surface area is 121 Å². The molecule has 0 radical (unpaired) electrons. The van der Waals surface area contributed by atoms with Crippen LogP contribution in [0.4, 0.5) is 8.78 Å². The lowest BCUT2D eigenvalue weighted by Crippen LogP contribution is -2.42. The van der Waals surface area contributed by atoms with Crippen molar-refractivity contribution in [2.45, 2.75) is 29.5 Å². The predicted octanol–water partition coefficient (Wildman–Crippen LogP) is 1.16. The molecule has 1 heterocycles. The van der Waals surface area contributed by atoms with Gasteiger partial charge in [-0.3, -0.25) is 4.79 Å². The predicted molar refractivity (Wildman–Crippen MR) is 73.0 cm³/mol. The molecular weight excluding hydrogens is 302 g/mol. The van der Waals surface area contributed by atoms with Gasteiger partial charge in [-0.25, -0.2) is 8.42 Å². The Morgan fingerprint density at radius 2 is 1.76 bits per heavy atom. The highest BCUT2D eigenvalue weighted by Crippen LogP contribution is 2.18. The Bertz CT molecular complexity index is 596. The van der Waals surface area contributed by atoms with E-state index in [9.17, 15) is 22.0 Å². The number of halogens is 2. The van der Waals surface area contributed by atoms with Gasteiger partial charge in [0.05, 0.1) is 4.90 Å². The molecule has 0 bridgehead atoms. The number of hydrogen-bond acceptors (Lipinski definition) is 4. The highest BCUT2D eigenvalue weighted by molar-refractivity contribution is 7.91. The van der Waals surface area contributed by atoms with Gasteiger partial charge >= 0.3 is 5.76 Å². The van der Waals surface area contributed by atoms with Gasteiger partial charge in [0.15, 0.2) is 0 Å². The Morgan fingerprint density at radius 1 is 1.19 bits per heavy atom. The van der Waals surface area contributed by atoms with E-state index in [4.69, 9.17) is 0 Å². The summed E-state index contributed by atoms with van der Waals surface area (Å²) < 4.78 is 47.3. The summed E-state index contributed by atoms with van der Waals surface area (Å²) in [6, 6.07) is 4.61. The molecule has 2 rings (SSSR count). The molecule has 1 aliphatic heterocycles. The summed E-state index contributed by atoms with van der Waals surface area (Å²) in [5.74, 6) is -3.80. The van der Waals surface area contributed by atoms with Crippen molar-refractivity contribution in [1.29, 1.82) is 0 Å². The van der Waals surface area contributed by atoms with Crippen LogP contribution in [-0.2, 0) is 9.84 Å². The van der Waals surface area contributed by atoms with Gasteiger partial charge in [-0.1, -0.05) is 0 Å². The molecule has 1 saturated heterocycles. The summed E-state index contributed by atoms with van der Waals surface area (Å²) in [7, 11) is -4.62. The van der Waals surface area contributed by atoms with Crippen molar-refractivity contribution in [3.05, 3.63) is 29.8 Å². The number of carbonyl (C=O) groups excluding carboxylic acids is 1. The molecule has 8 heteroatoms. The first-order valence-corrected chi connectivity index (χ1v) is 8.09. The molecule has 0 aliphatic carbocycles. The molecule has 1 aromatic carbocycles. The molecule has 0 saturated carbocycles.